The van der Waals surface area contributed by atoms with Gasteiger partial charge in [0.1, 0.15) is 88.6 Å². The van der Waals surface area contributed by atoms with Gasteiger partial charge >= 0.3 is 0 Å². The van der Waals surface area contributed by atoms with Crippen LogP contribution in [0, 0.1) is 51.7 Å². The summed E-state index contributed by atoms with van der Waals surface area (Å²) in [6.07, 6.45) is -0.107. The Kier molecular flexibility index (Phi) is 37.7. The number of carbonyl (C=O) groups excluding carboxylic acids is 3. The SMILES string of the molecule is CO[C@H]1O[C@H](Cn2cc(COCCNC(=O)/C(C#N)=C/c3ccc4cc(N5CCN(C)CC5)ccc4c3)nn2)[C@@H](O)[C@H](C)[C@H]1O.CO[C@H]1O[C@H](Cn2cc(COCCNC(=O)/C(C#N)=C/c3ccc4cc(N5CCOCC5)ccc4c3)nn2)[C@@H](O)[C@H](C)[C@H]1O.CO[C@H]1O[C@H](Cn2cc(COCCNC(=O)/C(C#N)=C/c3ccc4cc(NCCN5CCOCC5)ccc4c3)nn2)[C@@H](O)[C@H](C)[C@H]1O. The highest BCUT2D eigenvalue weighted by molar-refractivity contribution is 6.04. The maximum atomic E-state index is 12.7. The molecular weight excluding hydrogens is 1750 g/mol. The minimum absolute atomic E-state index is 0.00152. The fourth-order valence-corrected chi connectivity index (χ4v) is 16.5. The van der Waals surface area contributed by atoms with Crippen molar-refractivity contribution in [1.82, 2.24) is 70.7 Å². The van der Waals surface area contributed by atoms with Gasteiger partial charge in [-0.1, -0.05) is 91.0 Å². The standard InChI is InChI=1S/C33H43N7O7.C32H41N7O6.C31H38N6O7/c1-22-30(41)29(47-33(44-2)31(22)42)20-40-19-28(37-38-40)21-46-12-8-36-32(43)26(18-34)16-23-3-4-25-17-27(6-5-24(25)15-23)35-7-9-39-10-13-45-14-11-39;1-21-29(40)28(45-32(43-3)30(21)41)19-39-18-26(35-36-39)20-44-13-8-34-31(42)25(17-33)15-22-4-5-24-16-27(7-6-23(24)14-22)38-11-9-37(2)10-12-38;1-20-28(38)27(44-31(41-2)29(20)39)18-37-17-25(34-35-37)19-43-10-7-33-30(40)24(16-32)14-21-3-4-23-15-26(6-5-22(23)13-21)36-8-11-42-12-9-36/h3-6,15-17,19,22,29-31,33,35,41-42H,7-14,20-21H2,1-2H3,(H,36,43);4-7,14-16,18,21,28-30,32,40-41H,8-13,19-20H2,1-3H3,(H,34,42);3-6,13-15,17,20,27-29,31,38-39H,7-12,18-19H2,1-2H3,(H,33,40)/b26-16+;25-15+;24-14+/t22-,29+,30-,31+,33-;21-,28+,29-,30+,32-;20-,27+,28-,29+,31-/m000/s1. The average molecular weight is 1880 g/mol. The lowest BCUT2D eigenvalue weighted by molar-refractivity contribution is -0.277. The third-order valence-corrected chi connectivity index (χ3v) is 24.7. The number of aromatic nitrogens is 9. The number of nitrogens with one attached hydrogen (secondary N) is 4. The van der Waals surface area contributed by atoms with Crippen molar-refractivity contribution in [3.63, 3.8) is 0 Å². The van der Waals surface area contributed by atoms with Crippen LogP contribution in [0.4, 0.5) is 17.1 Å². The van der Waals surface area contributed by atoms with Crippen LogP contribution in [0.3, 0.4) is 0 Å². The van der Waals surface area contributed by atoms with Crippen molar-refractivity contribution in [2.45, 2.75) is 134 Å². The third-order valence-electron chi connectivity index (χ3n) is 24.7. The number of rotatable bonds is 36. The maximum Gasteiger partial charge on any atom is 0.262 e. The number of benzene rings is 6. The number of amides is 3. The predicted octanol–water partition coefficient (Wildman–Crippen LogP) is 3.53. The summed E-state index contributed by atoms with van der Waals surface area (Å²) < 4.78 is 64.9. The van der Waals surface area contributed by atoms with Crippen molar-refractivity contribution >= 4 is 85.3 Å². The van der Waals surface area contributed by atoms with Crippen LogP contribution in [0.1, 0.15) is 54.5 Å². The van der Waals surface area contributed by atoms with Gasteiger partial charge in [-0.05, 0) is 129 Å². The van der Waals surface area contributed by atoms with Crippen LogP contribution in [0.15, 0.2) is 145 Å². The van der Waals surface area contributed by atoms with E-state index < -0.39 is 109 Å². The Hall–Kier alpha value is -11.7. The second-order valence-electron chi connectivity index (χ2n) is 34.3. The van der Waals surface area contributed by atoms with Gasteiger partial charge in [0.05, 0.1) is 123 Å². The van der Waals surface area contributed by atoms with Crippen LogP contribution < -0.4 is 31.1 Å². The van der Waals surface area contributed by atoms with E-state index >= 15 is 0 Å². The summed E-state index contributed by atoms with van der Waals surface area (Å²) in [5.74, 6) is -2.74. The summed E-state index contributed by atoms with van der Waals surface area (Å²) in [4.78, 5) is 47.4. The topological polar surface area (TPSA) is 499 Å². The molecule has 726 valence electrons. The highest BCUT2D eigenvalue weighted by atomic mass is 16.7. The maximum absolute atomic E-state index is 12.7. The molecule has 3 aromatic heterocycles. The molecule has 3 amide bonds. The van der Waals surface area contributed by atoms with Crippen molar-refractivity contribution < 1.29 is 97.1 Å². The first kappa shape index (κ1) is 102. The number of hydrogen-bond acceptors (Lipinski definition) is 34. The summed E-state index contributed by atoms with van der Waals surface area (Å²) in [5, 5.41) is 133. The number of aliphatic hydroxyl groups excluding tert-OH is 6. The van der Waals surface area contributed by atoms with Gasteiger partial charge in [-0.3, -0.25) is 19.3 Å². The number of fused-ring (bicyclic) bond motifs is 3. The third kappa shape index (κ3) is 28.0. The number of nitriles is 3. The molecule has 0 radical (unpaired) electrons. The minimum atomic E-state index is -0.933. The summed E-state index contributed by atoms with van der Waals surface area (Å²) >= 11 is 0. The first-order chi connectivity index (χ1) is 65.9. The van der Waals surface area contributed by atoms with Crippen LogP contribution in [0.5, 0.6) is 0 Å². The Labute approximate surface area is 788 Å². The monoisotopic (exact) mass is 1870 g/mol. The van der Waals surface area contributed by atoms with Gasteiger partial charge in [0.15, 0.2) is 18.9 Å². The molecule has 136 heavy (non-hydrogen) atoms. The predicted molar refractivity (Wildman–Crippen MR) is 500 cm³/mol. The van der Waals surface area contributed by atoms with E-state index in [1.807, 2.05) is 84.9 Å². The molecule has 10 N–H and O–H groups in total. The number of carbonyl (C=O) groups is 3. The first-order valence-electron chi connectivity index (χ1n) is 45.6. The molecule has 15 rings (SSSR count). The smallest absolute Gasteiger partial charge is 0.262 e. The fraction of sp³-hybridized carbons (Fsp3) is 0.500. The quantitative estimate of drug-likeness (QED) is 0.0152. The Balaban J connectivity index is 0.000000173. The molecule has 6 aliphatic rings. The number of piperazine rings is 1. The highest BCUT2D eigenvalue weighted by Crippen LogP contribution is 2.33. The molecule has 0 saturated carbocycles. The van der Waals surface area contributed by atoms with Crippen molar-refractivity contribution in [2.75, 3.05) is 175 Å². The lowest BCUT2D eigenvalue weighted by atomic mass is 9.90. The van der Waals surface area contributed by atoms with Gasteiger partial charge < -0.3 is 119 Å². The second-order valence-corrected chi connectivity index (χ2v) is 34.3. The average Bonchev–Trinajstić information content (AvgIpc) is 1.04. The normalized spacial score (nSPS) is 24.2. The van der Waals surface area contributed by atoms with Crippen molar-refractivity contribution in [3.8, 4) is 18.2 Å². The molecule has 0 aliphatic carbocycles. The molecule has 0 spiro atoms. The first-order valence-corrected chi connectivity index (χ1v) is 45.6. The number of aliphatic hydroxyl groups is 6. The molecule has 0 bridgehead atoms. The molecule has 6 saturated heterocycles. The minimum Gasteiger partial charge on any atom is -0.390 e. The number of nitrogens with zero attached hydrogens (tertiary/aromatic N) is 16. The van der Waals surface area contributed by atoms with E-state index in [0.717, 1.165) is 152 Å². The zero-order chi connectivity index (χ0) is 96.2. The lowest BCUT2D eigenvalue weighted by Gasteiger charge is -2.40. The Bertz CT molecular complexity index is 5650. The molecule has 6 aliphatic heterocycles. The van der Waals surface area contributed by atoms with Gasteiger partial charge in [0.25, 0.3) is 17.7 Å². The molecule has 9 heterocycles. The van der Waals surface area contributed by atoms with Crippen molar-refractivity contribution in [3.05, 3.63) is 178 Å². The van der Waals surface area contributed by atoms with Crippen LogP contribution in [0.2, 0.25) is 0 Å². The summed E-state index contributed by atoms with van der Waals surface area (Å²) in [7, 11) is 6.46. The molecule has 40 heteroatoms. The molecule has 6 fully saturated rings. The van der Waals surface area contributed by atoms with E-state index in [4.69, 9.17) is 52.1 Å². The zero-order valence-corrected chi connectivity index (χ0v) is 77.5. The van der Waals surface area contributed by atoms with E-state index in [1.54, 1.807) is 57.6 Å². The Morgan fingerprint density at radius 2 is 0.757 bits per heavy atom. The zero-order valence-electron chi connectivity index (χ0n) is 77.5. The van der Waals surface area contributed by atoms with Gasteiger partial charge in [0.2, 0.25) is 0 Å². The Morgan fingerprint density at radius 1 is 0.426 bits per heavy atom. The van der Waals surface area contributed by atoms with E-state index in [0.29, 0.717) is 17.1 Å². The number of methoxy groups -OCH3 is 3. The van der Waals surface area contributed by atoms with Crippen LogP contribution in [-0.2, 0) is 106 Å². The number of hydrogen-bond donors (Lipinski definition) is 10. The van der Waals surface area contributed by atoms with Gasteiger partial charge in [-0.2, -0.15) is 15.8 Å². The van der Waals surface area contributed by atoms with Gasteiger partial charge in [0, 0.05) is 141 Å². The van der Waals surface area contributed by atoms with Crippen LogP contribution in [-0.4, -0.2) is 337 Å². The molecule has 0 unspecified atom stereocenters. The van der Waals surface area contributed by atoms with Gasteiger partial charge in [-0.15, -0.1) is 15.3 Å². The van der Waals surface area contributed by atoms with E-state index in [2.05, 4.69) is 121 Å². The molecule has 9 aromatic rings. The number of ether oxygens (including phenoxy) is 11. The summed E-state index contributed by atoms with van der Waals surface area (Å²) in [5.41, 5.74) is 7.38. The number of morpholine rings is 2. The van der Waals surface area contributed by atoms with Crippen LogP contribution in [0.25, 0.3) is 50.5 Å². The molecule has 15 atom stereocenters. The largest absolute Gasteiger partial charge is 0.390 e. The Morgan fingerprint density at radius 3 is 1.12 bits per heavy atom. The molecule has 40 nitrogen and oxygen atoms in total. The van der Waals surface area contributed by atoms with Crippen LogP contribution >= 0.6 is 0 Å². The fourth-order valence-electron chi connectivity index (χ4n) is 16.5. The van der Waals surface area contributed by atoms with Crippen molar-refractivity contribution in [2.24, 2.45) is 17.8 Å². The molecule has 6 aromatic carbocycles. The van der Waals surface area contributed by atoms with E-state index in [1.165, 1.54) is 41.1 Å². The van der Waals surface area contributed by atoms with Gasteiger partial charge in [-0.25, -0.2) is 14.0 Å². The van der Waals surface area contributed by atoms with E-state index in [-0.39, 0.29) is 95.6 Å². The van der Waals surface area contributed by atoms with E-state index in [9.17, 15) is 60.8 Å². The highest BCUT2D eigenvalue weighted by Gasteiger charge is 2.45. The summed E-state index contributed by atoms with van der Waals surface area (Å²) in [6, 6.07) is 42.4. The second kappa shape index (κ2) is 50.4. The number of likely N-dealkylation sites (N-methyl/N-ethyl adjacent to an activating group) is 1. The lowest BCUT2D eigenvalue weighted by Crippen LogP contribution is -2.54. The molecular formula is C96H122N20O20. The summed E-state index contributed by atoms with van der Waals surface area (Å²) in [6.45, 7) is 20.1. The number of anilines is 3. The van der Waals surface area contributed by atoms with Crippen molar-refractivity contribution in [1.29, 1.82) is 15.8 Å².